The largest absolute Gasteiger partial charge is 0.480 e. The van der Waals surface area contributed by atoms with Crippen molar-refractivity contribution < 1.29 is 9.90 Å². The summed E-state index contributed by atoms with van der Waals surface area (Å²) in [5.41, 5.74) is 1.28. The first-order valence-electron chi connectivity index (χ1n) is 6.03. The molecule has 1 N–H and O–H groups in total. The summed E-state index contributed by atoms with van der Waals surface area (Å²) in [6, 6.07) is 2.27. The van der Waals surface area contributed by atoms with Gasteiger partial charge in [-0.05, 0) is 45.2 Å². The number of hydrogen-bond acceptors (Lipinski definition) is 3. The number of nitrogens with zero attached hydrogens (tertiary/aromatic N) is 1. The molecule has 1 aromatic heterocycles. The van der Waals surface area contributed by atoms with Crippen LogP contribution in [-0.4, -0.2) is 28.1 Å². The summed E-state index contributed by atoms with van der Waals surface area (Å²) in [4.78, 5) is 15.8. The molecule has 0 aliphatic heterocycles. The fourth-order valence-electron chi connectivity index (χ4n) is 2.17. The Bertz CT molecular complexity index is 423. The van der Waals surface area contributed by atoms with Crippen molar-refractivity contribution in [2.45, 2.75) is 52.2 Å². The highest BCUT2D eigenvalue weighted by Gasteiger charge is 2.35. The van der Waals surface area contributed by atoms with E-state index in [0.29, 0.717) is 6.04 Å². The smallest absolute Gasteiger partial charge is 0.320 e. The van der Waals surface area contributed by atoms with Crippen molar-refractivity contribution in [3.8, 4) is 0 Å². The third-order valence-corrected chi connectivity index (χ3v) is 4.38. The minimum atomic E-state index is -0.721. The molecule has 0 aromatic carbocycles. The maximum Gasteiger partial charge on any atom is 0.320 e. The first-order valence-corrected chi connectivity index (χ1v) is 6.85. The fraction of sp³-hybridized carbons (Fsp3) is 0.615. The van der Waals surface area contributed by atoms with Crippen molar-refractivity contribution in [3.63, 3.8) is 0 Å². The lowest BCUT2D eigenvalue weighted by atomic mass is 10.2. The van der Waals surface area contributed by atoms with E-state index >= 15 is 0 Å². The topological polar surface area (TPSA) is 40.5 Å². The summed E-state index contributed by atoms with van der Waals surface area (Å²) < 4.78 is 0. The minimum Gasteiger partial charge on any atom is -0.480 e. The minimum absolute atomic E-state index is 0.387. The Hall–Kier alpha value is -0.870. The molecule has 94 valence electrons. The van der Waals surface area contributed by atoms with Gasteiger partial charge in [-0.1, -0.05) is 0 Å². The van der Waals surface area contributed by atoms with Crippen LogP contribution < -0.4 is 0 Å². The van der Waals surface area contributed by atoms with Gasteiger partial charge in [0.05, 0.1) is 0 Å². The standard InChI is InChI=1S/C13H19NO2S/c1-8-6-11(10(3)17-8)7-14(12-4-5-12)9(2)13(15)16/h6,9,12H,4-5,7H2,1-3H3,(H,15,16). The zero-order chi connectivity index (χ0) is 12.6. The maximum absolute atomic E-state index is 11.1. The molecule has 1 saturated carbocycles. The zero-order valence-electron chi connectivity index (χ0n) is 10.6. The number of aliphatic carboxylic acids is 1. The highest BCUT2D eigenvalue weighted by molar-refractivity contribution is 7.12. The molecule has 17 heavy (non-hydrogen) atoms. The summed E-state index contributed by atoms with van der Waals surface area (Å²) in [5.74, 6) is -0.721. The third kappa shape index (κ3) is 2.87. The van der Waals surface area contributed by atoms with Crippen molar-refractivity contribution in [1.29, 1.82) is 0 Å². The maximum atomic E-state index is 11.1. The predicted molar refractivity (Wildman–Crippen MR) is 69.5 cm³/mol. The molecule has 1 heterocycles. The number of hydrogen-bond donors (Lipinski definition) is 1. The van der Waals surface area contributed by atoms with Gasteiger partial charge < -0.3 is 5.11 Å². The Morgan fingerprint density at radius 2 is 2.24 bits per heavy atom. The number of rotatable bonds is 5. The lowest BCUT2D eigenvalue weighted by molar-refractivity contribution is -0.143. The molecular formula is C13H19NO2S. The molecule has 1 unspecified atom stereocenters. The van der Waals surface area contributed by atoms with Crippen LogP contribution >= 0.6 is 11.3 Å². The Kier molecular flexibility index (Phi) is 3.54. The van der Waals surface area contributed by atoms with Gasteiger partial charge in [0.1, 0.15) is 6.04 Å². The molecule has 1 fully saturated rings. The average molecular weight is 253 g/mol. The van der Waals surface area contributed by atoms with Gasteiger partial charge in [0, 0.05) is 22.3 Å². The van der Waals surface area contributed by atoms with Crippen molar-refractivity contribution >= 4 is 17.3 Å². The fourth-order valence-corrected chi connectivity index (χ4v) is 3.11. The Labute approximate surface area is 106 Å². The number of carboxylic acids is 1. The van der Waals surface area contributed by atoms with E-state index in [2.05, 4.69) is 24.8 Å². The first kappa shape index (κ1) is 12.6. The van der Waals surface area contributed by atoms with Gasteiger partial charge in [0.25, 0.3) is 0 Å². The van der Waals surface area contributed by atoms with Crippen LogP contribution in [0.15, 0.2) is 6.07 Å². The number of carbonyl (C=O) groups is 1. The summed E-state index contributed by atoms with van der Waals surface area (Å²) in [7, 11) is 0. The van der Waals surface area contributed by atoms with E-state index in [0.717, 1.165) is 19.4 Å². The molecule has 2 rings (SSSR count). The molecule has 0 radical (unpaired) electrons. The molecule has 0 bridgehead atoms. The SMILES string of the molecule is Cc1cc(CN(C2CC2)C(C)C(=O)O)c(C)s1. The monoisotopic (exact) mass is 253 g/mol. The van der Waals surface area contributed by atoms with Crippen LogP contribution in [0.1, 0.15) is 35.1 Å². The van der Waals surface area contributed by atoms with Crippen molar-refractivity contribution in [2.24, 2.45) is 0 Å². The van der Waals surface area contributed by atoms with Crippen LogP contribution in [-0.2, 0) is 11.3 Å². The summed E-state index contributed by atoms with van der Waals surface area (Å²) in [6.45, 7) is 6.77. The van der Waals surface area contributed by atoms with Gasteiger partial charge in [-0.15, -0.1) is 11.3 Å². The van der Waals surface area contributed by atoms with Gasteiger partial charge in [0.2, 0.25) is 0 Å². The van der Waals surface area contributed by atoms with E-state index in [-0.39, 0.29) is 6.04 Å². The van der Waals surface area contributed by atoms with Gasteiger partial charge in [0.15, 0.2) is 0 Å². The second-order valence-corrected chi connectivity index (χ2v) is 6.32. The van der Waals surface area contributed by atoms with Gasteiger partial charge in [-0.3, -0.25) is 9.69 Å². The summed E-state index contributed by atoms with van der Waals surface area (Å²) in [5, 5.41) is 9.14. The van der Waals surface area contributed by atoms with Gasteiger partial charge >= 0.3 is 5.97 Å². The highest BCUT2D eigenvalue weighted by atomic mass is 32.1. The first-order chi connectivity index (χ1) is 7.99. The van der Waals surface area contributed by atoms with E-state index in [9.17, 15) is 4.79 Å². The molecule has 1 aliphatic rings. The molecule has 4 heteroatoms. The van der Waals surface area contributed by atoms with Crippen LogP contribution in [0.3, 0.4) is 0 Å². The highest BCUT2D eigenvalue weighted by Crippen LogP contribution is 2.32. The van der Waals surface area contributed by atoms with E-state index in [1.165, 1.54) is 15.3 Å². The molecule has 0 amide bonds. The van der Waals surface area contributed by atoms with Gasteiger partial charge in [-0.25, -0.2) is 0 Å². The van der Waals surface area contributed by atoms with Crippen LogP contribution in [0.2, 0.25) is 0 Å². The Morgan fingerprint density at radius 1 is 1.59 bits per heavy atom. The lowest BCUT2D eigenvalue weighted by Gasteiger charge is -2.26. The number of thiophene rings is 1. The molecule has 1 aromatic rings. The Morgan fingerprint density at radius 3 is 2.65 bits per heavy atom. The van der Waals surface area contributed by atoms with Crippen LogP contribution in [0.4, 0.5) is 0 Å². The quantitative estimate of drug-likeness (QED) is 0.877. The van der Waals surface area contributed by atoms with Crippen molar-refractivity contribution in [2.75, 3.05) is 0 Å². The van der Waals surface area contributed by atoms with Crippen molar-refractivity contribution in [3.05, 3.63) is 21.4 Å². The normalized spacial score (nSPS) is 17.4. The predicted octanol–water partition coefficient (Wildman–Crippen LogP) is 2.80. The number of aryl methyl sites for hydroxylation is 2. The molecule has 0 saturated heterocycles. The molecule has 3 nitrogen and oxygen atoms in total. The molecule has 1 aliphatic carbocycles. The van der Waals surface area contributed by atoms with E-state index < -0.39 is 5.97 Å². The summed E-state index contributed by atoms with van der Waals surface area (Å²) in [6.07, 6.45) is 2.28. The molecular weight excluding hydrogens is 234 g/mol. The molecule has 0 spiro atoms. The van der Waals surface area contributed by atoms with Gasteiger partial charge in [-0.2, -0.15) is 0 Å². The van der Waals surface area contributed by atoms with Crippen LogP contribution in [0.5, 0.6) is 0 Å². The zero-order valence-corrected chi connectivity index (χ0v) is 11.4. The Balaban J connectivity index is 2.12. The number of carboxylic acid groups (broad SMARTS) is 1. The average Bonchev–Trinajstić information content (AvgIpc) is 3.02. The third-order valence-electron chi connectivity index (χ3n) is 3.37. The van der Waals surface area contributed by atoms with Crippen LogP contribution in [0, 0.1) is 13.8 Å². The lowest BCUT2D eigenvalue weighted by Crippen LogP contribution is -2.40. The van der Waals surface area contributed by atoms with E-state index in [4.69, 9.17) is 5.11 Å². The molecule has 1 atom stereocenters. The second-order valence-electron chi connectivity index (χ2n) is 4.86. The van der Waals surface area contributed by atoms with E-state index in [1.54, 1.807) is 18.3 Å². The van der Waals surface area contributed by atoms with Crippen molar-refractivity contribution in [1.82, 2.24) is 4.90 Å². The summed E-state index contributed by atoms with van der Waals surface area (Å²) >= 11 is 1.79. The van der Waals surface area contributed by atoms with E-state index in [1.807, 2.05) is 0 Å². The second kappa shape index (κ2) is 4.78. The van der Waals surface area contributed by atoms with Crippen LogP contribution in [0.25, 0.3) is 0 Å².